The van der Waals surface area contributed by atoms with Crippen LogP contribution in [0.5, 0.6) is 5.75 Å². The van der Waals surface area contributed by atoms with Crippen LogP contribution in [0.3, 0.4) is 0 Å². The molecule has 5 nitrogen and oxygen atoms in total. The fourth-order valence-electron chi connectivity index (χ4n) is 1.72. The van der Waals surface area contributed by atoms with Gasteiger partial charge in [-0.25, -0.2) is 9.69 Å². The third-order valence-corrected chi connectivity index (χ3v) is 2.98. The average Bonchev–Trinajstić information content (AvgIpc) is 2.39. The minimum absolute atomic E-state index is 0.223. The van der Waals surface area contributed by atoms with E-state index >= 15 is 0 Å². The van der Waals surface area contributed by atoms with Crippen LogP contribution >= 0.6 is 11.6 Å². The van der Waals surface area contributed by atoms with Crippen LogP contribution in [0.15, 0.2) is 18.2 Å². The molecule has 102 valence electrons. The lowest BCUT2D eigenvalue weighted by molar-refractivity contribution is -0.120. The summed E-state index contributed by atoms with van der Waals surface area (Å²) in [6.07, 6.45) is 0.977. The second-order valence-electron chi connectivity index (χ2n) is 4.07. The number of anilines is 1. The molecule has 1 heterocycles. The van der Waals surface area contributed by atoms with Crippen LogP contribution in [0, 0.1) is 0 Å². The van der Waals surface area contributed by atoms with Crippen LogP contribution in [-0.2, 0) is 9.53 Å². The van der Waals surface area contributed by atoms with Gasteiger partial charge in [0, 0.05) is 0 Å². The van der Waals surface area contributed by atoms with Gasteiger partial charge in [-0.1, -0.05) is 31.0 Å². The predicted octanol–water partition coefficient (Wildman–Crippen LogP) is 3.00. The molecule has 0 unspecified atom stereocenters. The van der Waals surface area contributed by atoms with Crippen molar-refractivity contribution in [1.82, 2.24) is 0 Å². The number of amides is 2. The van der Waals surface area contributed by atoms with Gasteiger partial charge < -0.3 is 9.47 Å². The van der Waals surface area contributed by atoms with Gasteiger partial charge >= 0.3 is 6.09 Å². The molecule has 0 aliphatic carbocycles. The number of hydrogen-bond donors (Lipinski definition) is 0. The Balaban J connectivity index is 2.23. The van der Waals surface area contributed by atoms with Gasteiger partial charge in [-0.15, -0.1) is 0 Å². The fraction of sp³-hybridized carbons (Fsp3) is 0.385. The number of rotatable bonds is 3. The summed E-state index contributed by atoms with van der Waals surface area (Å²) < 4.78 is 10.3. The van der Waals surface area contributed by atoms with Crippen molar-refractivity contribution in [2.24, 2.45) is 0 Å². The molecular weight excluding hydrogens is 270 g/mol. The second-order valence-corrected chi connectivity index (χ2v) is 4.48. The van der Waals surface area contributed by atoms with E-state index in [9.17, 15) is 9.59 Å². The molecule has 1 aliphatic rings. The van der Waals surface area contributed by atoms with Crippen molar-refractivity contribution < 1.29 is 19.1 Å². The summed E-state index contributed by atoms with van der Waals surface area (Å²) in [5, 5.41) is 0.358. The number of nitrogens with zero attached hydrogens (tertiary/aromatic N) is 1. The van der Waals surface area contributed by atoms with Crippen LogP contribution in [0.2, 0.25) is 5.02 Å². The minimum Gasteiger partial charge on any atom is -0.480 e. The Morgan fingerprint density at radius 1 is 1.53 bits per heavy atom. The number of hydrogen-bond acceptors (Lipinski definition) is 4. The van der Waals surface area contributed by atoms with Crippen molar-refractivity contribution in [2.75, 3.05) is 18.1 Å². The zero-order valence-corrected chi connectivity index (χ0v) is 11.3. The first-order valence-corrected chi connectivity index (χ1v) is 6.44. The van der Waals surface area contributed by atoms with E-state index in [1.807, 2.05) is 6.92 Å². The number of halogens is 1. The Morgan fingerprint density at radius 2 is 2.32 bits per heavy atom. The number of carbonyl (C=O) groups is 2. The normalized spacial score (nSPS) is 13.8. The SMILES string of the molecule is CCCCOC(=O)N1C(=O)COc2c(Cl)cccc21. The maximum Gasteiger partial charge on any atom is 0.421 e. The fourth-order valence-corrected chi connectivity index (χ4v) is 1.94. The molecule has 1 aliphatic heterocycles. The van der Waals surface area contributed by atoms with Gasteiger partial charge in [0.05, 0.1) is 17.3 Å². The van der Waals surface area contributed by atoms with Gasteiger partial charge in [0.1, 0.15) is 0 Å². The van der Waals surface area contributed by atoms with E-state index in [-0.39, 0.29) is 13.2 Å². The van der Waals surface area contributed by atoms with E-state index in [4.69, 9.17) is 21.1 Å². The highest BCUT2D eigenvalue weighted by Crippen LogP contribution is 2.38. The van der Waals surface area contributed by atoms with Gasteiger partial charge in [-0.2, -0.15) is 0 Å². The van der Waals surface area contributed by atoms with Gasteiger partial charge in [0.15, 0.2) is 12.4 Å². The van der Waals surface area contributed by atoms with Gasteiger partial charge in [0.2, 0.25) is 0 Å². The van der Waals surface area contributed by atoms with Crippen LogP contribution < -0.4 is 9.64 Å². The third-order valence-electron chi connectivity index (χ3n) is 2.68. The third kappa shape index (κ3) is 2.81. The molecule has 2 amide bonds. The summed E-state index contributed by atoms with van der Waals surface area (Å²) in [5.74, 6) is -0.132. The molecule has 0 radical (unpaired) electrons. The molecule has 0 saturated heterocycles. The predicted molar refractivity (Wildman–Crippen MR) is 70.7 cm³/mol. The van der Waals surface area contributed by atoms with Crippen molar-refractivity contribution in [3.05, 3.63) is 23.2 Å². The highest BCUT2D eigenvalue weighted by Gasteiger charge is 2.33. The van der Waals surface area contributed by atoms with Crippen molar-refractivity contribution >= 4 is 29.3 Å². The van der Waals surface area contributed by atoms with E-state index in [0.717, 1.165) is 17.7 Å². The number of carbonyl (C=O) groups excluding carboxylic acids is 2. The molecule has 0 atom stereocenters. The number of unbranched alkanes of at least 4 members (excludes halogenated alkanes) is 1. The highest BCUT2D eigenvalue weighted by molar-refractivity contribution is 6.33. The highest BCUT2D eigenvalue weighted by atomic mass is 35.5. The molecule has 0 bridgehead atoms. The lowest BCUT2D eigenvalue weighted by Gasteiger charge is -2.27. The first-order chi connectivity index (χ1) is 9.15. The van der Waals surface area contributed by atoms with E-state index in [1.54, 1.807) is 18.2 Å². The van der Waals surface area contributed by atoms with Crippen LogP contribution in [-0.4, -0.2) is 25.2 Å². The van der Waals surface area contributed by atoms with Crippen molar-refractivity contribution in [2.45, 2.75) is 19.8 Å². The largest absolute Gasteiger partial charge is 0.480 e. The summed E-state index contributed by atoms with van der Waals surface area (Å²) in [5.41, 5.74) is 0.324. The van der Waals surface area contributed by atoms with E-state index in [0.29, 0.717) is 16.5 Å². The molecular formula is C13H14ClNO4. The lowest BCUT2D eigenvalue weighted by atomic mass is 10.2. The van der Waals surface area contributed by atoms with Crippen LogP contribution in [0.1, 0.15) is 19.8 Å². The Morgan fingerprint density at radius 3 is 3.05 bits per heavy atom. The zero-order chi connectivity index (χ0) is 13.8. The second kappa shape index (κ2) is 5.93. The summed E-state index contributed by atoms with van der Waals surface area (Å²) in [6.45, 7) is 2.05. The van der Waals surface area contributed by atoms with Crippen LogP contribution in [0.4, 0.5) is 10.5 Å². The number of para-hydroxylation sites is 1. The first kappa shape index (κ1) is 13.7. The smallest absolute Gasteiger partial charge is 0.421 e. The number of fused-ring (bicyclic) bond motifs is 1. The van der Waals surface area contributed by atoms with Gasteiger partial charge in [-0.3, -0.25) is 4.79 Å². The maximum atomic E-state index is 11.9. The van der Waals surface area contributed by atoms with Crippen molar-refractivity contribution in [3.8, 4) is 5.75 Å². The van der Waals surface area contributed by atoms with Crippen LogP contribution in [0.25, 0.3) is 0 Å². The molecule has 1 aromatic carbocycles. The quantitative estimate of drug-likeness (QED) is 0.800. The van der Waals surface area contributed by atoms with E-state index in [1.165, 1.54) is 0 Å². The van der Waals surface area contributed by atoms with Gasteiger partial charge in [-0.05, 0) is 18.6 Å². The Bertz CT molecular complexity index is 503. The molecule has 0 saturated carbocycles. The lowest BCUT2D eigenvalue weighted by Crippen LogP contribution is -2.43. The zero-order valence-electron chi connectivity index (χ0n) is 10.5. The van der Waals surface area contributed by atoms with E-state index in [2.05, 4.69) is 0 Å². The molecule has 6 heteroatoms. The Kier molecular flexibility index (Phi) is 4.27. The molecule has 19 heavy (non-hydrogen) atoms. The number of ether oxygens (including phenoxy) is 2. The maximum absolute atomic E-state index is 11.9. The standard InChI is InChI=1S/C13H14ClNO4/c1-2-3-7-18-13(17)15-10-6-4-5-9(14)12(10)19-8-11(15)16/h4-6H,2-3,7-8H2,1H3. The first-order valence-electron chi connectivity index (χ1n) is 6.06. The molecule has 2 rings (SSSR count). The average molecular weight is 284 g/mol. The molecule has 0 N–H and O–H groups in total. The summed E-state index contributed by atoms with van der Waals surface area (Å²) in [7, 11) is 0. The summed E-state index contributed by atoms with van der Waals surface area (Å²) >= 11 is 5.97. The van der Waals surface area contributed by atoms with Crippen molar-refractivity contribution in [3.63, 3.8) is 0 Å². The number of benzene rings is 1. The molecule has 0 fully saturated rings. The Labute approximate surface area is 116 Å². The molecule has 0 aromatic heterocycles. The molecule has 1 aromatic rings. The topological polar surface area (TPSA) is 55.8 Å². The summed E-state index contributed by atoms with van der Waals surface area (Å²) in [6, 6.07) is 4.88. The number of imide groups is 1. The van der Waals surface area contributed by atoms with Crippen molar-refractivity contribution in [1.29, 1.82) is 0 Å². The summed E-state index contributed by atoms with van der Waals surface area (Å²) in [4.78, 5) is 24.7. The Hall–Kier alpha value is -1.75. The minimum atomic E-state index is -0.690. The monoisotopic (exact) mass is 283 g/mol. The van der Waals surface area contributed by atoms with Gasteiger partial charge in [0.25, 0.3) is 5.91 Å². The van der Waals surface area contributed by atoms with E-state index < -0.39 is 12.0 Å². The molecule has 0 spiro atoms.